The van der Waals surface area contributed by atoms with Gasteiger partial charge in [-0.1, -0.05) is 24.2 Å². The van der Waals surface area contributed by atoms with Crippen LogP contribution in [-0.4, -0.2) is 18.4 Å². The second kappa shape index (κ2) is 6.30. The molecule has 0 aliphatic heterocycles. The highest BCUT2D eigenvalue weighted by Crippen LogP contribution is 2.04. The Bertz CT molecular complexity index is 449. The van der Waals surface area contributed by atoms with Crippen LogP contribution in [0.3, 0.4) is 0 Å². The number of benzene rings is 1. The average molecular weight is 232 g/mol. The molecule has 0 spiro atoms. The average Bonchev–Trinajstić information content (AvgIpc) is 2.38. The van der Waals surface area contributed by atoms with Crippen molar-refractivity contribution < 1.29 is 9.59 Å². The smallest absolute Gasteiger partial charge is 0.251 e. The van der Waals surface area contributed by atoms with Crippen molar-refractivity contribution in [2.75, 3.05) is 0 Å². The van der Waals surface area contributed by atoms with Crippen molar-refractivity contribution in [3.05, 3.63) is 45.8 Å². The number of hydrogen-bond acceptors (Lipinski definition) is 3. The molecule has 1 amide bonds. The maximum absolute atomic E-state index is 11.7. The molecular formula is C11H12N4O2. The highest BCUT2D eigenvalue weighted by atomic mass is 16.1. The lowest BCUT2D eigenvalue weighted by Crippen LogP contribution is -2.32. The highest BCUT2D eigenvalue weighted by molar-refractivity contribution is 5.95. The Morgan fingerprint density at radius 3 is 2.65 bits per heavy atom. The van der Waals surface area contributed by atoms with Crippen molar-refractivity contribution >= 4 is 12.2 Å². The molecular weight excluding hydrogens is 220 g/mol. The lowest BCUT2D eigenvalue weighted by molar-refractivity contribution is 0.0936. The van der Waals surface area contributed by atoms with Gasteiger partial charge >= 0.3 is 0 Å². The second-order valence-corrected chi connectivity index (χ2v) is 3.34. The van der Waals surface area contributed by atoms with E-state index in [0.29, 0.717) is 23.8 Å². The minimum Gasteiger partial charge on any atom is -0.343 e. The normalized spacial score (nSPS) is 11.1. The molecule has 6 nitrogen and oxygen atoms in total. The fourth-order valence-corrected chi connectivity index (χ4v) is 1.22. The van der Waals surface area contributed by atoms with E-state index >= 15 is 0 Å². The molecule has 1 aromatic rings. The molecule has 0 bridgehead atoms. The third-order valence-corrected chi connectivity index (χ3v) is 2.18. The number of carbonyl (C=O) groups excluding carboxylic acids is 2. The maximum atomic E-state index is 11.7. The monoisotopic (exact) mass is 232 g/mol. The molecule has 0 saturated heterocycles. The maximum Gasteiger partial charge on any atom is 0.251 e. The summed E-state index contributed by atoms with van der Waals surface area (Å²) in [5.41, 5.74) is 9.21. The fourth-order valence-electron chi connectivity index (χ4n) is 1.22. The molecule has 1 aromatic carbocycles. The summed E-state index contributed by atoms with van der Waals surface area (Å²) in [5, 5.41) is 6.01. The van der Waals surface area contributed by atoms with Crippen molar-refractivity contribution in [1.29, 1.82) is 0 Å². The quantitative estimate of drug-likeness (QED) is 0.365. The molecule has 0 aliphatic rings. The van der Waals surface area contributed by atoms with Crippen molar-refractivity contribution in [2.24, 2.45) is 5.11 Å². The van der Waals surface area contributed by atoms with Gasteiger partial charge in [-0.25, -0.2) is 0 Å². The van der Waals surface area contributed by atoms with Crippen LogP contribution in [0.25, 0.3) is 10.4 Å². The van der Waals surface area contributed by atoms with E-state index < -0.39 is 6.17 Å². The Morgan fingerprint density at radius 2 is 2.18 bits per heavy atom. The Hall–Kier alpha value is -2.33. The summed E-state index contributed by atoms with van der Waals surface area (Å²) in [6, 6.07) is 6.19. The largest absolute Gasteiger partial charge is 0.343 e. The SMILES string of the molecule is CCC(N=[N+]=[N-])NC(=O)c1ccc(C=O)cc1. The first-order valence-electron chi connectivity index (χ1n) is 5.11. The molecule has 0 heterocycles. The summed E-state index contributed by atoms with van der Waals surface area (Å²) in [5.74, 6) is -0.332. The predicted octanol–water partition coefficient (Wildman–Crippen LogP) is 2.28. The molecule has 1 N–H and O–H groups in total. The Kier molecular flexibility index (Phi) is 4.72. The standard InChI is InChI=1S/C11H12N4O2/c1-2-10(14-15-12)13-11(17)9-5-3-8(7-16)4-6-9/h3-7,10H,2H2,1H3,(H,13,17). The van der Waals surface area contributed by atoms with Gasteiger partial charge in [0.15, 0.2) is 0 Å². The van der Waals surface area contributed by atoms with Crippen molar-refractivity contribution in [3.63, 3.8) is 0 Å². The van der Waals surface area contributed by atoms with Crippen molar-refractivity contribution in [3.8, 4) is 0 Å². The molecule has 17 heavy (non-hydrogen) atoms. The third-order valence-electron chi connectivity index (χ3n) is 2.18. The van der Waals surface area contributed by atoms with E-state index in [1.54, 1.807) is 31.2 Å². The lowest BCUT2D eigenvalue weighted by atomic mass is 10.1. The summed E-state index contributed by atoms with van der Waals surface area (Å²) >= 11 is 0. The predicted molar refractivity (Wildman–Crippen MR) is 62.5 cm³/mol. The fraction of sp³-hybridized carbons (Fsp3) is 0.273. The summed E-state index contributed by atoms with van der Waals surface area (Å²) in [7, 11) is 0. The first-order chi connectivity index (χ1) is 8.21. The molecule has 1 rings (SSSR count). The van der Waals surface area contributed by atoms with Gasteiger partial charge in [-0.05, 0) is 24.1 Å². The number of hydrogen-bond donors (Lipinski definition) is 1. The highest BCUT2D eigenvalue weighted by Gasteiger charge is 2.10. The summed E-state index contributed by atoms with van der Waals surface area (Å²) in [6.07, 6.45) is 0.664. The van der Waals surface area contributed by atoms with Crippen LogP contribution >= 0.6 is 0 Å². The van der Waals surface area contributed by atoms with Crippen molar-refractivity contribution in [2.45, 2.75) is 19.5 Å². The second-order valence-electron chi connectivity index (χ2n) is 3.34. The zero-order chi connectivity index (χ0) is 12.7. The number of aldehydes is 1. The van der Waals surface area contributed by atoms with Crippen molar-refractivity contribution in [1.82, 2.24) is 5.32 Å². The van der Waals surface area contributed by atoms with Crippen LogP contribution in [0.5, 0.6) is 0 Å². The number of azide groups is 1. The van der Waals surface area contributed by atoms with Crippen LogP contribution in [0.4, 0.5) is 0 Å². The summed E-state index contributed by atoms with van der Waals surface area (Å²) < 4.78 is 0. The first-order valence-corrected chi connectivity index (χ1v) is 5.11. The number of amides is 1. The van der Waals surface area contributed by atoms with Gasteiger partial charge in [0.05, 0.1) is 0 Å². The lowest BCUT2D eigenvalue weighted by Gasteiger charge is -2.10. The first kappa shape index (κ1) is 12.7. The van der Waals surface area contributed by atoms with E-state index in [-0.39, 0.29) is 5.91 Å². The van der Waals surface area contributed by atoms with E-state index in [1.807, 2.05) is 0 Å². The summed E-state index contributed by atoms with van der Waals surface area (Å²) in [6.45, 7) is 1.80. The number of rotatable bonds is 5. The minimum absolute atomic E-state index is 0.332. The zero-order valence-corrected chi connectivity index (χ0v) is 9.33. The van der Waals surface area contributed by atoms with Crippen LogP contribution in [0.1, 0.15) is 34.1 Å². The Labute approximate surface area is 98.3 Å². The molecule has 1 unspecified atom stereocenters. The molecule has 88 valence electrons. The van der Waals surface area contributed by atoms with Crippen LogP contribution < -0.4 is 5.32 Å². The van der Waals surface area contributed by atoms with Gasteiger partial charge in [-0.15, -0.1) is 0 Å². The van der Waals surface area contributed by atoms with Gasteiger partial charge < -0.3 is 5.32 Å². The zero-order valence-electron chi connectivity index (χ0n) is 9.33. The molecule has 0 fully saturated rings. The molecule has 0 radical (unpaired) electrons. The molecule has 0 saturated carbocycles. The summed E-state index contributed by atoms with van der Waals surface area (Å²) in [4.78, 5) is 24.8. The molecule has 1 atom stereocenters. The third kappa shape index (κ3) is 3.62. The van der Waals surface area contributed by atoms with E-state index in [2.05, 4.69) is 15.3 Å². The molecule has 0 aromatic heterocycles. The Morgan fingerprint density at radius 1 is 1.53 bits per heavy atom. The van der Waals surface area contributed by atoms with Crippen LogP contribution in [0.15, 0.2) is 29.4 Å². The minimum atomic E-state index is -0.557. The van der Waals surface area contributed by atoms with E-state index in [9.17, 15) is 9.59 Å². The number of nitrogens with one attached hydrogen (secondary N) is 1. The van der Waals surface area contributed by atoms with E-state index in [0.717, 1.165) is 0 Å². The topological polar surface area (TPSA) is 94.9 Å². The van der Waals surface area contributed by atoms with E-state index in [4.69, 9.17) is 5.53 Å². The van der Waals surface area contributed by atoms with Crippen LogP contribution in [-0.2, 0) is 0 Å². The molecule has 6 heteroatoms. The van der Waals surface area contributed by atoms with Gasteiger partial charge in [0.2, 0.25) is 0 Å². The van der Waals surface area contributed by atoms with Crippen LogP contribution in [0, 0.1) is 0 Å². The van der Waals surface area contributed by atoms with Gasteiger partial charge in [0, 0.05) is 16.0 Å². The van der Waals surface area contributed by atoms with Gasteiger partial charge in [0.1, 0.15) is 12.5 Å². The number of nitrogens with zero attached hydrogens (tertiary/aromatic N) is 3. The van der Waals surface area contributed by atoms with Crippen LogP contribution in [0.2, 0.25) is 0 Å². The van der Waals surface area contributed by atoms with Gasteiger partial charge in [-0.3, -0.25) is 9.59 Å². The van der Waals surface area contributed by atoms with Gasteiger partial charge in [0.25, 0.3) is 5.91 Å². The Balaban J connectivity index is 2.74. The van der Waals surface area contributed by atoms with Gasteiger partial charge in [-0.2, -0.15) is 0 Å². The molecule has 0 aliphatic carbocycles. The number of carbonyl (C=O) groups is 2. The van der Waals surface area contributed by atoms with E-state index in [1.165, 1.54) is 0 Å².